The van der Waals surface area contributed by atoms with E-state index < -0.39 is 0 Å². The summed E-state index contributed by atoms with van der Waals surface area (Å²) in [7, 11) is 0. The third-order valence-corrected chi connectivity index (χ3v) is 3.56. The van der Waals surface area contributed by atoms with Crippen LogP contribution >= 0.6 is 0 Å². The number of hydrogen-bond acceptors (Lipinski definition) is 2. The summed E-state index contributed by atoms with van der Waals surface area (Å²) in [6.45, 7) is 3.38. The lowest BCUT2D eigenvalue weighted by atomic mass is 10.0. The van der Waals surface area contributed by atoms with Crippen molar-refractivity contribution in [2.24, 2.45) is 0 Å². The molecule has 0 aromatic heterocycles. The molecule has 1 aliphatic heterocycles. The summed E-state index contributed by atoms with van der Waals surface area (Å²) in [5.41, 5.74) is 2.69. The molecule has 1 heterocycles. The predicted molar refractivity (Wildman–Crippen MR) is 80.4 cm³/mol. The molecule has 0 spiro atoms. The summed E-state index contributed by atoms with van der Waals surface area (Å²) in [6.07, 6.45) is 7.24. The largest absolute Gasteiger partial charge is 0.447 e. The Morgan fingerprint density at radius 3 is 2.75 bits per heavy atom. The average molecular weight is 273 g/mol. The van der Waals surface area contributed by atoms with Crippen molar-refractivity contribution in [2.45, 2.75) is 39.0 Å². The lowest BCUT2D eigenvalue weighted by Crippen LogP contribution is -2.18. The molecule has 1 amide bonds. The Labute approximate surface area is 121 Å². The summed E-state index contributed by atoms with van der Waals surface area (Å²) >= 11 is 0. The fourth-order valence-corrected chi connectivity index (χ4v) is 2.35. The van der Waals surface area contributed by atoms with Crippen LogP contribution in [0.5, 0.6) is 0 Å². The van der Waals surface area contributed by atoms with Gasteiger partial charge in [-0.1, -0.05) is 49.2 Å². The minimum absolute atomic E-state index is 0.210. The number of unbranched alkanes of at least 4 members (excludes halogenated alkanes) is 1. The lowest BCUT2D eigenvalue weighted by Gasteiger charge is -2.12. The summed E-state index contributed by atoms with van der Waals surface area (Å²) < 4.78 is 4.98. The van der Waals surface area contributed by atoms with E-state index in [1.165, 1.54) is 24.0 Å². The monoisotopic (exact) mass is 273 g/mol. The van der Waals surface area contributed by atoms with Crippen LogP contribution < -0.4 is 0 Å². The molecular weight excluding hydrogens is 250 g/mol. The van der Waals surface area contributed by atoms with Crippen LogP contribution in [0.4, 0.5) is 4.79 Å². The Balaban J connectivity index is 1.96. The van der Waals surface area contributed by atoms with E-state index in [9.17, 15) is 4.79 Å². The lowest BCUT2D eigenvalue weighted by molar-refractivity contribution is 0.166. The number of nitrogens with zero attached hydrogens (tertiary/aromatic N) is 1. The van der Waals surface area contributed by atoms with Gasteiger partial charge in [0.25, 0.3) is 0 Å². The van der Waals surface area contributed by atoms with Crippen LogP contribution in [0.25, 0.3) is 0 Å². The van der Waals surface area contributed by atoms with Crippen LogP contribution in [-0.2, 0) is 11.2 Å². The molecule has 1 aromatic rings. The summed E-state index contributed by atoms with van der Waals surface area (Å²) in [5.74, 6) is 0. The van der Waals surface area contributed by atoms with E-state index in [-0.39, 0.29) is 6.09 Å². The zero-order chi connectivity index (χ0) is 14.2. The molecule has 0 unspecified atom stereocenters. The number of amides is 1. The van der Waals surface area contributed by atoms with Crippen molar-refractivity contribution >= 4 is 6.09 Å². The first-order chi connectivity index (χ1) is 9.79. The first-order valence-electron chi connectivity index (χ1n) is 7.46. The van der Waals surface area contributed by atoms with E-state index in [1.54, 1.807) is 4.90 Å². The number of hydrogen-bond donors (Lipinski definition) is 0. The Kier molecular flexibility index (Phi) is 5.66. The van der Waals surface area contributed by atoms with Crippen LogP contribution in [0.1, 0.15) is 38.2 Å². The van der Waals surface area contributed by atoms with Gasteiger partial charge in [-0.15, -0.1) is 0 Å². The average Bonchev–Trinajstić information content (AvgIpc) is 2.88. The fourth-order valence-electron chi connectivity index (χ4n) is 2.35. The molecule has 1 aromatic carbocycles. The number of carbonyl (C=O) groups is 1. The molecule has 3 nitrogen and oxygen atoms in total. The number of benzene rings is 1. The fraction of sp³-hybridized carbons (Fsp3) is 0.471. The summed E-state index contributed by atoms with van der Waals surface area (Å²) in [5, 5.41) is 0. The zero-order valence-electron chi connectivity index (χ0n) is 12.2. The minimum Gasteiger partial charge on any atom is -0.447 e. The SMILES string of the molecule is CCCC/C(=C\N1CCOC1=O)CCc1ccccc1. The third-order valence-electron chi connectivity index (χ3n) is 3.56. The maximum Gasteiger partial charge on any atom is 0.413 e. The number of ether oxygens (including phenoxy) is 1. The molecule has 3 heteroatoms. The zero-order valence-corrected chi connectivity index (χ0v) is 12.2. The number of allylic oxidation sites excluding steroid dienone is 1. The smallest absolute Gasteiger partial charge is 0.413 e. The van der Waals surface area contributed by atoms with Gasteiger partial charge >= 0.3 is 6.09 Å². The van der Waals surface area contributed by atoms with E-state index >= 15 is 0 Å². The molecule has 0 bridgehead atoms. The molecule has 2 rings (SSSR count). The normalized spacial score (nSPS) is 15.6. The van der Waals surface area contributed by atoms with Gasteiger partial charge in [0.1, 0.15) is 6.61 Å². The number of aryl methyl sites for hydroxylation is 1. The van der Waals surface area contributed by atoms with Crippen molar-refractivity contribution in [3.8, 4) is 0 Å². The van der Waals surface area contributed by atoms with Crippen molar-refractivity contribution in [1.29, 1.82) is 0 Å². The van der Waals surface area contributed by atoms with Crippen LogP contribution in [0.2, 0.25) is 0 Å². The van der Waals surface area contributed by atoms with Crippen molar-refractivity contribution in [3.63, 3.8) is 0 Å². The molecule has 108 valence electrons. The van der Waals surface area contributed by atoms with E-state index in [0.717, 1.165) is 19.3 Å². The maximum atomic E-state index is 11.5. The Morgan fingerprint density at radius 1 is 1.30 bits per heavy atom. The van der Waals surface area contributed by atoms with Crippen molar-refractivity contribution < 1.29 is 9.53 Å². The maximum absolute atomic E-state index is 11.5. The van der Waals surface area contributed by atoms with Gasteiger partial charge in [-0.2, -0.15) is 0 Å². The van der Waals surface area contributed by atoms with E-state index in [2.05, 4.69) is 31.2 Å². The predicted octanol–water partition coefficient (Wildman–Crippen LogP) is 4.15. The highest BCUT2D eigenvalue weighted by molar-refractivity contribution is 5.70. The van der Waals surface area contributed by atoms with Crippen LogP contribution in [0.15, 0.2) is 42.1 Å². The van der Waals surface area contributed by atoms with E-state index in [0.29, 0.717) is 13.2 Å². The molecule has 1 fully saturated rings. The molecule has 0 N–H and O–H groups in total. The Morgan fingerprint density at radius 2 is 2.10 bits per heavy atom. The first-order valence-corrected chi connectivity index (χ1v) is 7.46. The number of carbonyl (C=O) groups excluding carboxylic acids is 1. The van der Waals surface area contributed by atoms with E-state index in [1.807, 2.05) is 12.3 Å². The summed E-state index contributed by atoms with van der Waals surface area (Å²) in [6, 6.07) is 10.5. The second-order valence-electron chi connectivity index (χ2n) is 5.18. The molecule has 0 aliphatic carbocycles. The van der Waals surface area contributed by atoms with Crippen LogP contribution in [0, 0.1) is 0 Å². The van der Waals surface area contributed by atoms with Gasteiger partial charge < -0.3 is 4.74 Å². The van der Waals surface area contributed by atoms with Gasteiger partial charge in [0.2, 0.25) is 0 Å². The molecule has 0 radical (unpaired) electrons. The highest BCUT2D eigenvalue weighted by atomic mass is 16.6. The molecule has 0 saturated carbocycles. The van der Waals surface area contributed by atoms with E-state index in [4.69, 9.17) is 4.74 Å². The standard InChI is InChI=1S/C17H23NO2/c1-2-3-7-16(14-18-12-13-20-17(18)19)11-10-15-8-5-4-6-9-15/h4-6,8-9,14H,2-3,7,10-13H2,1H3/b16-14+. The highest BCUT2D eigenvalue weighted by Gasteiger charge is 2.20. The van der Waals surface area contributed by atoms with Gasteiger partial charge in [-0.25, -0.2) is 4.79 Å². The van der Waals surface area contributed by atoms with Gasteiger partial charge in [0, 0.05) is 6.20 Å². The Bertz CT molecular complexity index is 453. The second kappa shape index (κ2) is 7.73. The van der Waals surface area contributed by atoms with Gasteiger partial charge in [0.15, 0.2) is 0 Å². The van der Waals surface area contributed by atoms with Gasteiger partial charge in [-0.05, 0) is 31.2 Å². The molecule has 1 saturated heterocycles. The molecular formula is C17H23NO2. The van der Waals surface area contributed by atoms with Crippen LogP contribution in [-0.4, -0.2) is 24.1 Å². The topological polar surface area (TPSA) is 29.5 Å². The van der Waals surface area contributed by atoms with Gasteiger partial charge in [0.05, 0.1) is 6.54 Å². The number of cyclic esters (lactones) is 1. The highest BCUT2D eigenvalue weighted by Crippen LogP contribution is 2.18. The molecule has 1 aliphatic rings. The van der Waals surface area contributed by atoms with Crippen molar-refractivity contribution in [2.75, 3.05) is 13.2 Å². The van der Waals surface area contributed by atoms with Crippen molar-refractivity contribution in [1.82, 2.24) is 4.90 Å². The quantitative estimate of drug-likeness (QED) is 0.747. The second-order valence-corrected chi connectivity index (χ2v) is 5.18. The minimum atomic E-state index is -0.210. The summed E-state index contributed by atoms with van der Waals surface area (Å²) in [4.78, 5) is 13.2. The molecule has 20 heavy (non-hydrogen) atoms. The van der Waals surface area contributed by atoms with Crippen molar-refractivity contribution in [3.05, 3.63) is 47.7 Å². The first kappa shape index (κ1) is 14.6. The van der Waals surface area contributed by atoms with Gasteiger partial charge in [-0.3, -0.25) is 4.90 Å². The van der Waals surface area contributed by atoms with Crippen LogP contribution in [0.3, 0.4) is 0 Å². The third kappa shape index (κ3) is 4.41. The Hall–Kier alpha value is -1.77. The molecule has 0 atom stereocenters. The number of rotatable bonds is 7.